The van der Waals surface area contributed by atoms with Crippen LogP contribution in [0.15, 0.2) is 35.4 Å². The minimum atomic E-state index is -3.37. The molecule has 2 rings (SSSR count). The molecule has 1 heterocycles. The van der Waals surface area contributed by atoms with Crippen LogP contribution in [0.3, 0.4) is 0 Å². The molecule has 0 unspecified atom stereocenters. The molecule has 0 aliphatic heterocycles. The Morgan fingerprint density at radius 2 is 1.83 bits per heavy atom. The van der Waals surface area contributed by atoms with E-state index < -0.39 is 14.6 Å². The Balaban J connectivity index is 2.72. The molecule has 96 valence electrons. The molecule has 0 aliphatic rings. The van der Waals surface area contributed by atoms with Crippen molar-refractivity contribution in [3.05, 3.63) is 35.5 Å². The second-order valence-corrected chi connectivity index (χ2v) is 8.20. The number of benzene rings is 1. The highest BCUT2D eigenvalue weighted by Crippen LogP contribution is 2.29. The molecule has 0 saturated heterocycles. The number of nitrogens with zero attached hydrogens (tertiary/aromatic N) is 1. The fourth-order valence-electron chi connectivity index (χ4n) is 1.61. The van der Waals surface area contributed by atoms with Crippen LogP contribution in [-0.4, -0.2) is 18.1 Å². The van der Waals surface area contributed by atoms with Crippen LogP contribution in [0.5, 0.6) is 0 Å². The zero-order valence-corrected chi connectivity index (χ0v) is 12.0. The van der Waals surface area contributed by atoms with Gasteiger partial charge < -0.3 is 0 Å². The summed E-state index contributed by atoms with van der Waals surface area (Å²) in [5.74, 6) is 0. The average molecular weight is 284 g/mol. The first-order valence-corrected chi connectivity index (χ1v) is 7.38. The van der Waals surface area contributed by atoms with Gasteiger partial charge in [-0.05, 0) is 45.0 Å². The molecule has 0 N–H and O–H groups in total. The van der Waals surface area contributed by atoms with Crippen molar-refractivity contribution in [3.63, 3.8) is 0 Å². The summed E-state index contributed by atoms with van der Waals surface area (Å²) >= 11 is 6.06. The van der Waals surface area contributed by atoms with Crippen molar-refractivity contribution in [2.45, 2.75) is 30.4 Å². The summed E-state index contributed by atoms with van der Waals surface area (Å²) in [6, 6.07) is 6.49. The molecule has 0 aliphatic carbocycles. The lowest BCUT2D eigenvalue weighted by atomic mass is 10.2. The topological polar surface area (TPSA) is 47.0 Å². The first kappa shape index (κ1) is 13.3. The molecule has 0 bridgehead atoms. The van der Waals surface area contributed by atoms with Crippen LogP contribution in [0.2, 0.25) is 5.02 Å². The maximum atomic E-state index is 12.3. The maximum Gasteiger partial charge on any atom is 0.183 e. The van der Waals surface area contributed by atoms with E-state index in [0.29, 0.717) is 15.9 Å². The van der Waals surface area contributed by atoms with Gasteiger partial charge in [0.05, 0.1) is 20.2 Å². The quantitative estimate of drug-likeness (QED) is 0.805. The van der Waals surface area contributed by atoms with Gasteiger partial charge in [0, 0.05) is 11.6 Å². The lowest BCUT2D eigenvalue weighted by Crippen LogP contribution is -2.27. The molecule has 3 nitrogen and oxygen atoms in total. The van der Waals surface area contributed by atoms with Crippen molar-refractivity contribution in [2.75, 3.05) is 0 Å². The maximum absolute atomic E-state index is 12.3. The van der Waals surface area contributed by atoms with Crippen LogP contribution in [0.4, 0.5) is 0 Å². The van der Waals surface area contributed by atoms with Gasteiger partial charge in [0.15, 0.2) is 9.84 Å². The molecule has 0 saturated carbocycles. The van der Waals surface area contributed by atoms with Crippen LogP contribution in [0.1, 0.15) is 20.8 Å². The molecule has 0 spiro atoms. The lowest BCUT2D eigenvalue weighted by Gasteiger charge is -2.19. The Bertz CT molecular complexity index is 702. The summed E-state index contributed by atoms with van der Waals surface area (Å²) in [4.78, 5) is 4.42. The van der Waals surface area contributed by atoms with Crippen LogP contribution >= 0.6 is 11.6 Å². The molecular formula is C13H14ClNO2S. The Morgan fingerprint density at radius 3 is 2.44 bits per heavy atom. The SMILES string of the molecule is CC(C)(C)S(=O)(=O)c1ccc2nccc(Cl)c2c1. The van der Waals surface area contributed by atoms with Gasteiger partial charge in [0.2, 0.25) is 0 Å². The fraction of sp³-hybridized carbons (Fsp3) is 0.308. The molecule has 0 amide bonds. The third kappa shape index (κ3) is 2.10. The summed E-state index contributed by atoms with van der Waals surface area (Å²) < 4.78 is 23.9. The summed E-state index contributed by atoms with van der Waals surface area (Å²) in [5, 5.41) is 1.16. The van der Waals surface area contributed by atoms with Crippen LogP contribution in [-0.2, 0) is 9.84 Å². The van der Waals surface area contributed by atoms with E-state index >= 15 is 0 Å². The Kier molecular flexibility index (Phi) is 3.11. The largest absolute Gasteiger partial charge is 0.256 e. The van der Waals surface area contributed by atoms with Crippen molar-refractivity contribution in [3.8, 4) is 0 Å². The van der Waals surface area contributed by atoms with Crippen LogP contribution < -0.4 is 0 Å². The van der Waals surface area contributed by atoms with E-state index in [1.165, 1.54) is 0 Å². The van der Waals surface area contributed by atoms with E-state index in [2.05, 4.69) is 4.98 Å². The molecule has 0 atom stereocenters. The first-order valence-electron chi connectivity index (χ1n) is 5.52. The summed E-state index contributed by atoms with van der Waals surface area (Å²) in [6.45, 7) is 5.03. The zero-order valence-electron chi connectivity index (χ0n) is 10.4. The number of rotatable bonds is 1. The normalized spacial score (nSPS) is 12.9. The van der Waals surface area contributed by atoms with Gasteiger partial charge in [-0.2, -0.15) is 0 Å². The molecule has 0 radical (unpaired) electrons. The Labute approximate surface area is 112 Å². The van der Waals surface area contributed by atoms with E-state index in [-0.39, 0.29) is 4.90 Å². The number of sulfone groups is 1. The van der Waals surface area contributed by atoms with E-state index in [0.717, 1.165) is 0 Å². The minimum Gasteiger partial charge on any atom is -0.256 e. The van der Waals surface area contributed by atoms with Crippen LogP contribution in [0.25, 0.3) is 10.9 Å². The predicted octanol–water partition coefficient (Wildman–Crippen LogP) is 3.46. The molecule has 0 fully saturated rings. The highest BCUT2D eigenvalue weighted by Gasteiger charge is 2.31. The second-order valence-electron chi connectivity index (χ2n) is 5.09. The lowest BCUT2D eigenvalue weighted by molar-refractivity contribution is 0.560. The summed E-state index contributed by atoms with van der Waals surface area (Å²) in [7, 11) is -3.37. The molecule has 1 aromatic carbocycles. The monoisotopic (exact) mass is 283 g/mol. The second kappa shape index (κ2) is 4.21. The number of fused-ring (bicyclic) bond motifs is 1. The summed E-state index contributed by atoms with van der Waals surface area (Å²) in [6.07, 6.45) is 1.60. The Hall–Kier alpha value is -1.13. The Morgan fingerprint density at radius 1 is 1.17 bits per heavy atom. The summed E-state index contributed by atoms with van der Waals surface area (Å²) in [5.41, 5.74) is 0.690. The highest BCUT2D eigenvalue weighted by atomic mass is 35.5. The standard InChI is InChI=1S/C13H14ClNO2S/c1-13(2,3)18(16,17)9-4-5-12-10(8-9)11(14)6-7-15-12/h4-8H,1-3H3. The minimum absolute atomic E-state index is 0.275. The van der Waals surface area contributed by atoms with Crippen LogP contribution in [0, 0.1) is 0 Å². The van der Waals surface area contributed by atoms with Gasteiger partial charge in [0.25, 0.3) is 0 Å². The van der Waals surface area contributed by atoms with Crippen molar-refractivity contribution in [1.82, 2.24) is 4.98 Å². The number of hydrogen-bond donors (Lipinski definition) is 0. The van der Waals surface area contributed by atoms with E-state index in [1.54, 1.807) is 51.2 Å². The van der Waals surface area contributed by atoms with Gasteiger partial charge in [-0.15, -0.1) is 0 Å². The third-order valence-electron chi connectivity index (χ3n) is 2.78. The number of halogens is 1. The van der Waals surface area contributed by atoms with Crippen molar-refractivity contribution in [1.29, 1.82) is 0 Å². The highest BCUT2D eigenvalue weighted by molar-refractivity contribution is 7.92. The smallest absolute Gasteiger partial charge is 0.183 e. The van der Waals surface area contributed by atoms with Gasteiger partial charge in [0.1, 0.15) is 0 Å². The van der Waals surface area contributed by atoms with E-state index in [4.69, 9.17) is 11.6 Å². The zero-order chi connectivity index (χ0) is 13.6. The molecule has 18 heavy (non-hydrogen) atoms. The molecule has 1 aromatic heterocycles. The van der Waals surface area contributed by atoms with Crippen molar-refractivity contribution < 1.29 is 8.42 Å². The van der Waals surface area contributed by atoms with E-state index in [1.807, 2.05) is 0 Å². The van der Waals surface area contributed by atoms with E-state index in [9.17, 15) is 8.42 Å². The van der Waals surface area contributed by atoms with Crippen molar-refractivity contribution >= 4 is 32.3 Å². The molecular weight excluding hydrogens is 270 g/mol. The van der Waals surface area contributed by atoms with Gasteiger partial charge in [-0.25, -0.2) is 8.42 Å². The third-order valence-corrected chi connectivity index (χ3v) is 5.59. The van der Waals surface area contributed by atoms with Gasteiger partial charge in [-0.1, -0.05) is 11.6 Å². The van der Waals surface area contributed by atoms with Gasteiger partial charge >= 0.3 is 0 Å². The molecule has 2 aromatic rings. The van der Waals surface area contributed by atoms with Gasteiger partial charge in [-0.3, -0.25) is 4.98 Å². The van der Waals surface area contributed by atoms with Crippen molar-refractivity contribution in [2.24, 2.45) is 0 Å². The molecule has 5 heteroatoms. The number of pyridine rings is 1. The average Bonchev–Trinajstić information content (AvgIpc) is 2.27. The predicted molar refractivity (Wildman–Crippen MR) is 73.7 cm³/mol. The number of hydrogen-bond acceptors (Lipinski definition) is 3. The fourth-order valence-corrected chi connectivity index (χ4v) is 3.05. The number of aromatic nitrogens is 1. The first-order chi connectivity index (χ1) is 8.23.